The molecule has 0 aliphatic heterocycles. The fourth-order valence-electron chi connectivity index (χ4n) is 2.05. The lowest BCUT2D eigenvalue weighted by Crippen LogP contribution is -2.51. The number of H-pyrrole nitrogens is 1. The maximum atomic E-state index is 12.2. The van der Waals surface area contributed by atoms with Gasteiger partial charge in [0.25, 0.3) is 5.91 Å². The number of carbonyl (C=O) groups excluding carboxylic acids is 2. The molecular formula is C15H19N5O3. The predicted octanol–water partition coefficient (Wildman–Crippen LogP) is 0.579. The molecule has 1 atom stereocenters. The Morgan fingerprint density at radius 1 is 1.39 bits per heavy atom. The third kappa shape index (κ3) is 4.55. The molecule has 122 valence electrons. The molecule has 0 unspecified atom stereocenters. The number of hydrogen-bond acceptors (Lipinski definition) is 5. The second-order valence-corrected chi connectivity index (χ2v) is 4.96. The summed E-state index contributed by atoms with van der Waals surface area (Å²) in [4.78, 5) is 32.1. The lowest BCUT2D eigenvalue weighted by molar-refractivity contribution is -0.125. The van der Waals surface area contributed by atoms with Crippen molar-refractivity contribution in [2.24, 2.45) is 5.84 Å². The number of hydrazine groups is 1. The zero-order valence-corrected chi connectivity index (χ0v) is 12.7. The summed E-state index contributed by atoms with van der Waals surface area (Å²) in [5, 5.41) is 0. The lowest BCUT2D eigenvalue weighted by Gasteiger charge is -2.25. The largest absolute Gasteiger partial charge is 0.445 e. The van der Waals surface area contributed by atoms with Crippen LogP contribution >= 0.6 is 0 Å². The van der Waals surface area contributed by atoms with E-state index >= 15 is 0 Å². The van der Waals surface area contributed by atoms with E-state index < -0.39 is 18.0 Å². The average Bonchev–Trinajstić information content (AvgIpc) is 3.10. The lowest BCUT2D eigenvalue weighted by atomic mass is 10.1. The summed E-state index contributed by atoms with van der Waals surface area (Å²) in [5.74, 6) is 4.71. The van der Waals surface area contributed by atoms with Crippen LogP contribution in [0.3, 0.4) is 0 Å². The molecule has 0 aliphatic carbocycles. The van der Waals surface area contributed by atoms with Gasteiger partial charge in [0.15, 0.2) is 0 Å². The van der Waals surface area contributed by atoms with Crippen LogP contribution in [0.25, 0.3) is 0 Å². The fourth-order valence-corrected chi connectivity index (χ4v) is 2.05. The van der Waals surface area contributed by atoms with E-state index in [1.54, 1.807) is 6.20 Å². The molecule has 0 fully saturated rings. The topological polar surface area (TPSA) is 113 Å². The van der Waals surface area contributed by atoms with Crippen molar-refractivity contribution < 1.29 is 14.3 Å². The molecule has 2 amide bonds. The number of benzene rings is 1. The van der Waals surface area contributed by atoms with Gasteiger partial charge in [-0.05, 0) is 5.56 Å². The van der Waals surface area contributed by atoms with Gasteiger partial charge < -0.3 is 9.72 Å². The van der Waals surface area contributed by atoms with Gasteiger partial charge >= 0.3 is 6.09 Å². The molecule has 0 bridgehead atoms. The van der Waals surface area contributed by atoms with Crippen LogP contribution in [-0.4, -0.2) is 40.0 Å². The summed E-state index contributed by atoms with van der Waals surface area (Å²) in [7, 11) is 1.49. The molecule has 1 aromatic carbocycles. The van der Waals surface area contributed by atoms with Crippen molar-refractivity contribution in [3.8, 4) is 0 Å². The molecule has 2 aromatic rings. The van der Waals surface area contributed by atoms with Gasteiger partial charge in [-0.3, -0.25) is 15.1 Å². The number of carbonyl (C=O) groups is 2. The number of aromatic nitrogens is 2. The van der Waals surface area contributed by atoms with E-state index in [0.717, 1.165) is 5.56 Å². The van der Waals surface area contributed by atoms with Gasteiger partial charge in [-0.1, -0.05) is 30.3 Å². The SMILES string of the molecule is CN(C(=O)OCc1ccccc1)[C@@H](Cc1cnc[nH]1)C(=O)NN. The number of likely N-dealkylation sites (N-methyl/N-ethyl adjacent to an activating group) is 1. The molecule has 8 nitrogen and oxygen atoms in total. The highest BCUT2D eigenvalue weighted by Gasteiger charge is 2.28. The van der Waals surface area contributed by atoms with E-state index in [0.29, 0.717) is 5.69 Å². The summed E-state index contributed by atoms with van der Waals surface area (Å²) < 4.78 is 5.23. The van der Waals surface area contributed by atoms with E-state index in [1.807, 2.05) is 30.3 Å². The molecular weight excluding hydrogens is 298 g/mol. The Morgan fingerprint density at radius 2 is 2.13 bits per heavy atom. The van der Waals surface area contributed by atoms with Crippen molar-refractivity contribution in [2.45, 2.75) is 19.1 Å². The predicted molar refractivity (Wildman–Crippen MR) is 82.8 cm³/mol. The van der Waals surface area contributed by atoms with E-state index in [-0.39, 0.29) is 13.0 Å². The number of aromatic amines is 1. The third-order valence-corrected chi connectivity index (χ3v) is 3.37. The van der Waals surface area contributed by atoms with Crippen LogP contribution in [0, 0.1) is 0 Å². The van der Waals surface area contributed by atoms with Gasteiger partial charge in [0.2, 0.25) is 0 Å². The number of nitrogens with zero attached hydrogens (tertiary/aromatic N) is 2. The molecule has 2 rings (SSSR count). The molecule has 4 N–H and O–H groups in total. The van der Waals surface area contributed by atoms with Crippen LogP contribution < -0.4 is 11.3 Å². The molecule has 1 heterocycles. The molecule has 0 aliphatic rings. The van der Waals surface area contributed by atoms with Gasteiger partial charge in [-0.25, -0.2) is 15.6 Å². The number of nitrogens with one attached hydrogen (secondary N) is 2. The van der Waals surface area contributed by atoms with Crippen LogP contribution in [0.4, 0.5) is 4.79 Å². The maximum Gasteiger partial charge on any atom is 0.410 e. The van der Waals surface area contributed by atoms with Crippen LogP contribution in [-0.2, 0) is 22.6 Å². The number of amides is 2. The van der Waals surface area contributed by atoms with Crippen molar-refractivity contribution in [3.63, 3.8) is 0 Å². The first-order valence-corrected chi connectivity index (χ1v) is 7.03. The quantitative estimate of drug-likeness (QED) is 0.410. The molecule has 23 heavy (non-hydrogen) atoms. The van der Waals surface area contributed by atoms with E-state index in [4.69, 9.17) is 10.6 Å². The molecule has 0 saturated carbocycles. The first-order chi connectivity index (χ1) is 11.1. The van der Waals surface area contributed by atoms with E-state index in [1.165, 1.54) is 18.3 Å². The van der Waals surface area contributed by atoms with Crippen molar-refractivity contribution in [3.05, 3.63) is 54.1 Å². The Kier molecular flexibility index (Phi) is 5.70. The fraction of sp³-hybridized carbons (Fsp3) is 0.267. The summed E-state index contributed by atoms with van der Waals surface area (Å²) in [5.41, 5.74) is 3.64. The van der Waals surface area contributed by atoms with Crippen LogP contribution in [0.5, 0.6) is 0 Å². The Hall–Kier alpha value is -2.87. The van der Waals surface area contributed by atoms with Crippen molar-refractivity contribution in [1.82, 2.24) is 20.3 Å². The number of rotatable bonds is 6. The monoisotopic (exact) mass is 317 g/mol. The highest BCUT2D eigenvalue weighted by molar-refractivity contribution is 5.85. The Morgan fingerprint density at radius 3 is 2.74 bits per heavy atom. The number of hydrogen-bond donors (Lipinski definition) is 3. The van der Waals surface area contributed by atoms with Crippen LogP contribution in [0.15, 0.2) is 42.9 Å². The maximum absolute atomic E-state index is 12.2. The number of nitrogens with two attached hydrogens (primary N) is 1. The number of ether oxygens (including phenoxy) is 1. The summed E-state index contributed by atoms with van der Waals surface area (Å²) >= 11 is 0. The van der Waals surface area contributed by atoms with Crippen molar-refractivity contribution in [1.29, 1.82) is 0 Å². The highest BCUT2D eigenvalue weighted by Crippen LogP contribution is 2.09. The summed E-state index contributed by atoms with van der Waals surface area (Å²) in [6, 6.07) is 8.49. The Balaban J connectivity index is 1.99. The Labute approximate surface area is 133 Å². The first-order valence-electron chi connectivity index (χ1n) is 7.03. The van der Waals surface area contributed by atoms with E-state index in [9.17, 15) is 9.59 Å². The standard InChI is InChI=1S/C15H19N5O3/c1-20(15(22)23-9-11-5-3-2-4-6-11)13(14(21)19-16)7-12-8-17-10-18-12/h2-6,8,10,13H,7,9,16H2,1H3,(H,17,18)(H,19,21)/t13-/m0/s1. The molecule has 0 spiro atoms. The molecule has 0 radical (unpaired) electrons. The first kappa shape index (κ1) is 16.5. The van der Waals surface area contributed by atoms with Gasteiger partial charge in [-0.15, -0.1) is 0 Å². The van der Waals surface area contributed by atoms with Crippen LogP contribution in [0.2, 0.25) is 0 Å². The highest BCUT2D eigenvalue weighted by atomic mass is 16.6. The minimum Gasteiger partial charge on any atom is -0.445 e. The smallest absolute Gasteiger partial charge is 0.410 e. The minimum atomic E-state index is -0.802. The zero-order chi connectivity index (χ0) is 16.7. The van der Waals surface area contributed by atoms with Crippen molar-refractivity contribution in [2.75, 3.05) is 7.05 Å². The normalized spacial score (nSPS) is 11.6. The van der Waals surface area contributed by atoms with Crippen molar-refractivity contribution >= 4 is 12.0 Å². The molecule has 8 heteroatoms. The summed E-state index contributed by atoms with van der Waals surface area (Å²) in [6.07, 6.45) is 2.72. The third-order valence-electron chi connectivity index (χ3n) is 3.37. The Bertz CT molecular complexity index is 630. The van der Waals surface area contributed by atoms with Gasteiger partial charge in [0.1, 0.15) is 12.6 Å². The van der Waals surface area contributed by atoms with Crippen LogP contribution in [0.1, 0.15) is 11.3 Å². The van der Waals surface area contributed by atoms with E-state index in [2.05, 4.69) is 15.4 Å². The van der Waals surface area contributed by atoms with Gasteiger partial charge in [0, 0.05) is 25.4 Å². The zero-order valence-electron chi connectivity index (χ0n) is 12.7. The second kappa shape index (κ2) is 7.95. The number of imidazole rings is 1. The van der Waals surface area contributed by atoms with Gasteiger partial charge in [-0.2, -0.15) is 0 Å². The van der Waals surface area contributed by atoms with Gasteiger partial charge in [0.05, 0.1) is 6.33 Å². The molecule has 1 aromatic heterocycles. The minimum absolute atomic E-state index is 0.130. The second-order valence-electron chi connectivity index (χ2n) is 4.96. The molecule has 0 saturated heterocycles. The summed E-state index contributed by atoms with van der Waals surface area (Å²) in [6.45, 7) is 0.130. The average molecular weight is 317 g/mol.